The molecule has 2 heterocycles. The number of phenolic OH excluding ortho intramolecular Hbond substituents is 1. The van der Waals surface area contributed by atoms with Crippen molar-refractivity contribution in [1.82, 2.24) is 4.90 Å². The molecule has 1 aromatic rings. The van der Waals surface area contributed by atoms with Crippen LogP contribution in [-0.2, 0) is 11.8 Å². The van der Waals surface area contributed by atoms with E-state index < -0.39 is 11.0 Å². The SMILES string of the molecule is CCCCN1CC[C@@]23c4c5ccc(O)c4O[C@@H]2C(C)(C)C=C[C@]3(O)[C@@H]1C5. The Kier molecular flexibility index (Phi) is 3.23. The van der Waals surface area contributed by atoms with Crippen LogP contribution in [0.1, 0.15) is 51.2 Å². The van der Waals surface area contributed by atoms with Gasteiger partial charge in [-0.15, -0.1) is 0 Å². The normalized spacial score (nSPS) is 38.8. The first-order valence-electron chi connectivity index (χ1n) is 10.0. The van der Waals surface area contributed by atoms with Gasteiger partial charge in [0, 0.05) is 17.0 Å². The van der Waals surface area contributed by atoms with Crippen molar-refractivity contribution in [2.45, 2.75) is 69.6 Å². The minimum absolute atomic E-state index is 0.0734. The lowest BCUT2D eigenvalue weighted by Crippen LogP contribution is -2.76. The fourth-order valence-corrected chi connectivity index (χ4v) is 6.26. The molecule has 4 atom stereocenters. The quantitative estimate of drug-likeness (QED) is 0.818. The first kappa shape index (κ1) is 16.6. The van der Waals surface area contributed by atoms with Crippen LogP contribution < -0.4 is 4.74 Å². The van der Waals surface area contributed by atoms with E-state index in [0.717, 1.165) is 44.3 Å². The molecule has 4 heteroatoms. The number of phenols is 1. The molecule has 1 spiro atoms. The molecule has 2 N–H and O–H groups in total. The highest BCUT2D eigenvalue weighted by Crippen LogP contribution is 2.66. The van der Waals surface area contributed by atoms with Crippen LogP contribution in [0.5, 0.6) is 11.5 Å². The van der Waals surface area contributed by atoms with Gasteiger partial charge in [0.05, 0.1) is 5.41 Å². The van der Waals surface area contributed by atoms with Gasteiger partial charge in [0.2, 0.25) is 0 Å². The topological polar surface area (TPSA) is 52.9 Å². The van der Waals surface area contributed by atoms with Crippen LogP contribution in [0.4, 0.5) is 0 Å². The first-order valence-corrected chi connectivity index (χ1v) is 10.0. The second kappa shape index (κ2) is 5.05. The van der Waals surface area contributed by atoms with Crippen molar-refractivity contribution in [3.05, 3.63) is 35.4 Å². The first-order chi connectivity index (χ1) is 12.3. The number of benzene rings is 1. The summed E-state index contributed by atoms with van der Waals surface area (Å²) in [5.41, 5.74) is 0.726. The molecule has 4 aliphatic rings. The Hall–Kier alpha value is -1.52. The molecule has 5 rings (SSSR count). The zero-order chi connectivity index (χ0) is 18.3. The number of likely N-dealkylation sites (tertiary alicyclic amines) is 1. The summed E-state index contributed by atoms with van der Waals surface area (Å²) >= 11 is 0. The summed E-state index contributed by atoms with van der Waals surface area (Å²) in [6.07, 6.45) is 8.05. The second-order valence-corrected chi connectivity index (χ2v) is 9.26. The fraction of sp³-hybridized carbons (Fsp3) is 0.636. The third kappa shape index (κ3) is 1.73. The molecule has 1 fully saturated rings. The number of aromatic hydroxyl groups is 1. The van der Waals surface area contributed by atoms with Gasteiger partial charge in [-0.1, -0.05) is 45.4 Å². The van der Waals surface area contributed by atoms with Gasteiger partial charge in [0.1, 0.15) is 11.7 Å². The average Bonchev–Trinajstić information content (AvgIpc) is 2.96. The highest BCUT2D eigenvalue weighted by atomic mass is 16.5. The second-order valence-electron chi connectivity index (χ2n) is 9.26. The number of unbranched alkanes of at least 4 members (excludes halogenated alkanes) is 1. The standard InChI is InChI=1S/C22H29NO3/c1-4-5-11-23-12-10-21-17-14-6-7-15(24)18(17)26-19(21)20(2,3)8-9-22(21,25)16(23)13-14/h6-9,16,19,24-25H,4-5,10-13H2,1-3H3/t16-,19+,21+,22-/m0/s1. The molecule has 0 amide bonds. The average molecular weight is 355 g/mol. The Morgan fingerprint density at radius 2 is 2.08 bits per heavy atom. The van der Waals surface area contributed by atoms with E-state index in [4.69, 9.17) is 4.74 Å². The Morgan fingerprint density at radius 3 is 2.85 bits per heavy atom. The molecular weight excluding hydrogens is 326 g/mol. The number of aliphatic hydroxyl groups is 1. The van der Waals surface area contributed by atoms with Gasteiger partial charge >= 0.3 is 0 Å². The number of hydrogen-bond donors (Lipinski definition) is 2. The number of hydrogen-bond acceptors (Lipinski definition) is 4. The van der Waals surface area contributed by atoms with E-state index >= 15 is 0 Å². The third-order valence-electron chi connectivity index (χ3n) is 7.46. The van der Waals surface area contributed by atoms with E-state index in [1.165, 1.54) is 5.56 Å². The maximum absolute atomic E-state index is 12.1. The molecule has 2 aliphatic carbocycles. The van der Waals surface area contributed by atoms with E-state index in [-0.39, 0.29) is 23.3 Å². The molecule has 1 saturated heterocycles. The van der Waals surface area contributed by atoms with Crippen LogP contribution >= 0.6 is 0 Å². The third-order valence-corrected chi connectivity index (χ3v) is 7.46. The highest BCUT2D eigenvalue weighted by Gasteiger charge is 2.72. The Labute approximate surface area is 155 Å². The summed E-state index contributed by atoms with van der Waals surface area (Å²) in [4.78, 5) is 2.49. The minimum Gasteiger partial charge on any atom is -0.504 e. The van der Waals surface area contributed by atoms with Gasteiger partial charge in [-0.05, 0) is 44.0 Å². The van der Waals surface area contributed by atoms with Crippen LogP contribution in [-0.4, -0.2) is 45.9 Å². The molecule has 1 aromatic carbocycles. The van der Waals surface area contributed by atoms with Crippen LogP contribution in [0, 0.1) is 5.41 Å². The molecule has 0 radical (unpaired) electrons. The minimum atomic E-state index is -0.939. The molecule has 140 valence electrons. The van der Waals surface area contributed by atoms with Gasteiger partial charge in [-0.3, -0.25) is 4.90 Å². The van der Waals surface area contributed by atoms with Gasteiger partial charge in [0.25, 0.3) is 0 Å². The van der Waals surface area contributed by atoms with Gasteiger partial charge < -0.3 is 14.9 Å². The largest absolute Gasteiger partial charge is 0.504 e. The molecule has 2 bridgehead atoms. The molecule has 26 heavy (non-hydrogen) atoms. The molecular formula is C22H29NO3. The van der Waals surface area contributed by atoms with E-state index in [1.54, 1.807) is 6.07 Å². The van der Waals surface area contributed by atoms with E-state index in [2.05, 4.69) is 37.8 Å². The van der Waals surface area contributed by atoms with Crippen LogP contribution in [0.15, 0.2) is 24.3 Å². The number of ether oxygens (including phenoxy) is 1. The predicted octanol–water partition coefficient (Wildman–Crippen LogP) is 3.15. The molecule has 0 saturated carbocycles. The monoisotopic (exact) mass is 355 g/mol. The maximum Gasteiger partial charge on any atom is 0.165 e. The summed E-state index contributed by atoms with van der Waals surface area (Å²) in [7, 11) is 0. The van der Waals surface area contributed by atoms with E-state index in [1.807, 2.05) is 6.07 Å². The van der Waals surface area contributed by atoms with Crippen molar-refractivity contribution in [2.24, 2.45) is 5.41 Å². The lowest BCUT2D eigenvalue weighted by atomic mass is 9.47. The van der Waals surface area contributed by atoms with Crippen molar-refractivity contribution >= 4 is 0 Å². The maximum atomic E-state index is 12.1. The zero-order valence-corrected chi connectivity index (χ0v) is 16.0. The van der Waals surface area contributed by atoms with Crippen molar-refractivity contribution in [3.63, 3.8) is 0 Å². The highest BCUT2D eigenvalue weighted by molar-refractivity contribution is 5.64. The number of piperidine rings is 1. The lowest BCUT2D eigenvalue weighted by molar-refractivity contribution is -0.157. The van der Waals surface area contributed by atoms with Crippen LogP contribution in [0.2, 0.25) is 0 Å². The number of nitrogens with zero attached hydrogens (tertiary/aromatic N) is 1. The van der Waals surface area contributed by atoms with Gasteiger partial charge in [-0.2, -0.15) is 0 Å². The Bertz CT molecular complexity index is 801. The van der Waals surface area contributed by atoms with Crippen LogP contribution in [0.3, 0.4) is 0 Å². The van der Waals surface area contributed by atoms with E-state index in [9.17, 15) is 10.2 Å². The summed E-state index contributed by atoms with van der Waals surface area (Å²) < 4.78 is 6.43. The van der Waals surface area contributed by atoms with Gasteiger partial charge in [-0.25, -0.2) is 0 Å². The summed E-state index contributed by atoms with van der Waals surface area (Å²) in [6, 6.07) is 3.88. The predicted molar refractivity (Wildman–Crippen MR) is 101 cm³/mol. The Morgan fingerprint density at radius 1 is 1.27 bits per heavy atom. The number of rotatable bonds is 3. The zero-order valence-electron chi connectivity index (χ0n) is 16.0. The summed E-state index contributed by atoms with van der Waals surface area (Å²) in [5.74, 6) is 0.820. The van der Waals surface area contributed by atoms with E-state index in [0.29, 0.717) is 5.75 Å². The molecule has 4 nitrogen and oxygen atoms in total. The lowest BCUT2D eigenvalue weighted by Gasteiger charge is -2.63. The summed E-state index contributed by atoms with van der Waals surface area (Å²) in [6.45, 7) is 8.58. The van der Waals surface area contributed by atoms with Crippen molar-refractivity contribution < 1.29 is 14.9 Å². The van der Waals surface area contributed by atoms with Crippen molar-refractivity contribution in [1.29, 1.82) is 0 Å². The van der Waals surface area contributed by atoms with Crippen LogP contribution in [0.25, 0.3) is 0 Å². The summed E-state index contributed by atoms with van der Waals surface area (Å²) in [5, 5.41) is 22.6. The fourth-order valence-electron chi connectivity index (χ4n) is 6.26. The molecule has 0 aromatic heterocycles. The smallest absolute Gasteiger partial charge is 0.165 e. The molecule has 0 unspecified atom stereocenters. The molecule has 2 aliphatic heterocycles. The Balaban J connectivity index is 1.75. The van der Waals surface area contributed by atoms with Gasteiger partial charge in [0.15, 0.2) is 11.5 Å². The van der Waals surface area contributed by atoms with Crippen molar-refractivity contribution in [3.8, 4) is 11.5 Å². The van der Waals surface area contributed by atoms with Crippen molar-refractivity contribution in [2.75, 3.05) is 13.1 Å².